The van der Waals surface area contributed by atoms with Crippen LogP contribution in [0.4, 0.5) is 5.69 Å². The molecule has 16 heavy (non-hydrogen) atoms. The number of carbonyl (C=O) groups excluding carboxylic acids is 1. The quantitative estimate of drug-likeness (QED) is 0.862. The van der Waals surface area contributed by atoms with Gasteiger partial charge < -0.3 is 10.6 Å². The second kappa shape index (κ2) is 5.52. The zero-order valence-corrected chi connectivity index (χ0v) is 10.5. The van der Waals surface area contributed by atoms with E-state index in [0.717, 1.165) is 0 Å². The highest BCUT2D eigenvalue weighted by molar-refractivity contribution is 9.10. The molecular formula is C11H12BrN3O. The lowest BCUT2D eigenvalue weighted by molar-refractivity contribution is 0.0797. The maximum Gasteiger partial charge on any atom is 0.254 e. The van der Waals surface area contributed by atoms with Crippen molar-refractivity contribution in [2.24, 2.45) is 0 Å². The molecule has 0 saturated carbocycles. The average molecular weight is 282 g/mol. The Kier molecular flexibility index (Phi) is 4.32. The highest BCUT2D eigenvalue weighted by atomic mass is 79.9. The van der Waals surface area contributed by atoms with E-state index >= 15 is 0 Å². The van der Waals surface area contributed by atoms with E-state index in [9.17, 15) is 4.79 Å². The van der Waals surface area contributed by atoms with Crippen molar-refractivity contribution in [2.45, 2.75) is 6.42 Å². The van der Waals surface area contributed by atoms with E-state index in [4.69, 9.17) is 11.0 Å². The molecule has 0 aliphatic carbocycles. The Morgan fingerprint density at radius 3 is 2.94 bits per heavy atom. The maximum absolute atomic E-state index is 12.0. The number of nitrogen functional groups attached to an aromatic ring is 1. The molecule has 0 fully saturated rings. The zero-order chi connectivity index (χ0) is 12.1. The fourth-order valence-corrected chi connectivity index (χ4v) is 1.67. The van der Waals surface area contributed by atoms with Crippen LogP contribution in [0.2, 0.25) is 0 Å². The Labute approximate surface area is 103 Å². The Morgan fingerprint density at radius 1 is 1.62 bits per heavy atom. The SMILES string of the molecule is CN(CCC#N)C(=O)c1cccc(N)c1Br. The van der Waals surface area contributed by atoms with Gasteiger partial charge in [-0.2, -0.15) is 5.26 Å². The van der Waals surface area contributed by atoms with Crippen LogP contribution in [0.5, 0.6) is 0 Å². The minimum atomic E-state index is -0.144. The van der Waals surface area contributed by atoms with Crippen molar-refractivity contribution in [3.63, 3.8) is 0 Å². The second-order valence-electron chi connectivity index (χ2n) is 3.34. The molecule has 0 radical (unpaired) electrons. The number of hydrogen-bond acceptors (Lipinski definition) is 3. The minimum absolute atomic E-state index is 0.144. The van der Waals surface area contributed by atoms with Crippen LogP contribution in [0, 0.1) is 11.3 Å². The molecule has 0 heterocycles. The smallest absolute Gasteiger partial charge is 0.254 e. The fraction of sp³-hybridized carbons (Fsp3) is 0.273. The zero-order valence-electron chi connectivity index (χ0n) is 8.90. The van der Waals surface area contributed by atoms with Gasteiger partial charge in [-0.05, 0) is 28.1 Å². The highest BCUT2D eigenvalue weighted by Gasteiger charge is 2.15. The van der Waals surface area contributed by atoms with Gasteiger partial charge in [-0.3, -0.25) is 4.79 Å². The summed E-state index contributed by atoms with van der Waals surface area (Å²) in [5.74, 6) is -0.144. The third kappa shape index (κ3) is 2.74. The molecule has 5 heteroatoms. The van der Waals surface area contributed by atoms with E-state index in [1.165, 1.54) is 4.90 Å². The van der Waals surface area contributed by atoms with Gasteiger partial charge in [0.15, 0.2) is 0 Å². The van der Waals surface area contributed by atoms with Gasteiger partial charge in [-0.1, -0.05) is 6.07 Å². The summed E-state index contributed by atoms with van der Waals surface area (Å²) in [6, 6.07) is 7.15. The normalized spacial score (nSPS) is 9.56. The predicted molar refractivity (Wildman–Crippen MR) is 65.7 cm³/mol. The van der Waals surface area contributed by atoms with E-state index in [2.05, 4.69) is 15.9 Å². The first-order valence-corrected chi connectivity index (χ1v) is 5.53. The van der Waals surface area contributed by atoms with Crippen molar-refractivity contribution >= 4 is 27.5 Å². The van der Waals surface area contributed by atoms with E-state index in [0.29, 0.717) is 28.7 Å². The van der Waals surface area contributed by atoms with Gasteiger partial charge in [0.25, 0.3) is 5.91 Å². The van der Waals surface area contributed by atoms with E-state index in [1.54, 1.807) is 25.2 Å². The summed E-state index contributed by atoms with van der Waals surface area (Å²) < 4.78 is 0.601. The number of anilines is 1. The molecule has 2 N–H and O–H groups in total. The van der Waals surface area contributed by atoms with Crippen molar-refractivity contribution < 1.29 is 4.79 Å². The molecular weight excluding hydrogens is 270 g/mol. The summed E-state index contributed by atoms with van der Waals surface area (Å²) in [6.07, 6.45) is 0.322. The Morgan fingerprint density at radius 2 is 2.31 bits per heavy atom. The highest BCUT2D eigenvalue weighted by Crippen LogP contribution is 2.24. The summed E-state index contributed by atoms with van der Waals surface area (Å²) in [4.78, 5) is 13.5. The molecule has 1 rings (SSSR count). The molecule has 0 unspecified atom stereocenters. The molecule has 0 bridgehead atoms. The van der Waals surface area contributed by atoms with Gasteiger partial charge in [0.05, 0.1) is 22.5 Å². The molecule has 1 amide bonds. The topological polar surface area (TPSA) is 70.1 Å². The van der Waals surface area contributed by atoms with Crippen LogP contribution < -0.4 is 5.73 Å². The number of nitriles is 1. The molecule has 0 aromatic heterocycles. The Hall–Kier alpha value is -1.54. The van der Waals surface area contributed by atoms with E-state index in [1.807, 2.05) is 6.07 Å². The summed E-state index contributed by atoms with van der Waals surface area (Å²) in [7, 11) is 1.66. The van der Waals surface area contributed by atoms with Crippen LogP contribution in [0.15, 0.2) is 22.7 Å². The summed E-state index contributed by atoms with van der Waals surface area (Å²) >= 11 is 3.28. The number of amides is 1. The predicted octanol–water partition coefficient (Wildman–Crippen LogP) is 2.02. The average Bonchev–Trinajstić information content (AvgIpc) is 2.28. The monoisotopic (exact) mass is 281 g/mol. The van der Waals surface area contributed by atoms with E-state index in [-0.39, 0.29) is 5.91 Å². The van der Waals surface area contributed by atoms with Gasteiger partial charge in [0.2, 0.25) is 0 Å². The fourth-order valence-electron chi connectivity index (χ4n) is 1.24. The summed E-state index contributed by atoms with van der Waals surface area (Å²) in [5.41, 5.74) is 6.73. The van der Waals surface area contributed by atoms with Crippen LogP contribution in [-0.2, 0) is 0 Å². The number of carbonyl (C=O) groups is 1. The largest absolute Gasteiger partial charge is 0.398 e. The van der Waals surface area contributed by atoms with Crippen LogP contribution in [0.1, 0.15) is 16.8 Å². The molecule has 0 aliphatic rings. The lowest BCUT2D eigenvalue weighted by Crippen LogP contribution is -2.27. The van der Waals surface area contributed by atoms with Crippen LogP contribution in [0.3, 0.4) is 0 Å². The molecule has 1 aromatic rings. The molecule has 0 spiro atoms. The third-order valence-electron chi connectivity index (χ3n) is 2.16. The lowest BCUT2D eigenvalue weighted by atomic mass is 10.2. The van der Waals surface area contributed by atoms with Gasteiger partial charge in [0, 0.05) is 19.3 Å². The first kappa shape index (κ1) is 12.5. The Bertz CT molecular complexity index is 439. The number of nitrogens with zero attached hydrogens (tertiary/aromatic N) is 2. The molecule has 0 saturated heterocycles. The lowest BCUT2D eigenvalue weighted by Gasteiger charge is -2.16. The van der Waals surface area contributed by atoms with Gasteiger partial charge >= 0.3 is 0 Å². The summed E-state index contributed by atoms with van der Waals surface area (Å²) in [6.45, 7) is 0.413. The van der Waals surface area contributed by atoms with Gasteiger partial charge in [-0.25, -0.2) is 0 Å². The molecule has 84 valence electrons. The number of hydrogen-bond donors (Lipinski definition) is 1. The number of halogens is 1. The van der Waals surface area contributed by atoms with Crippen molar-refractivity contribution in [2.75, 3.05) is 19.3 Å². The van der Waals surface area contributed by atoms with E-state index < -0.39 is 0 Å². The van der Waals surface area contributed by atoms with Gasteiger partial charge in [-0.15, -0.1) is 0 Å². The van der Waals surface area contributed by atoms with Crippen molar-refractivity contribution in [3.05, 3.63) is 28.2 Å². The maximum atomic E-state index is 12.0. The molecule has 4 nitrogen and oxygen atoms in total. The van der Waals surface area contributed by atoms with Gasteiger partial charge in [0.1, 0.15) is 0 Å². The number of rotatable bonds is 3. The van der Waals surface area contributed by atoms with Crippen LogP contribution in [0.25, 0.3) is 0 Å². The second-order valence-corrected chi connectivity index (χ2v) is 4.14. The number of benzene rings is 1. The Balaban J connectivity index is 2.89. The molecule has 0 atom stereocenters. The first-order chi connectivity index (χ1) is 7.57. The standard InChI is InChI=1S/C11H12BrN3O/c1-15(7-3-6-13)11(16)8-4-2-5-9(14)10(8)12/h2,4-5H,3,7,14H2,1H3. The third-order valence-corrected chi connectivity index (χ3v) is 3.05. The molecule has 0 aliphatic heterocycles. The van der Waals surface area contributed by atoms with Crippen molar-refractivity contribution in [1.29, 1.82) is 5.26 Å². The summed E-state index contributed by atoms with van der Waals surface area (Å²) in [5, 5.41) is 8.45. The first-order valence-electron chi connectivity index (χ1n) is 4.74. The van der Waals surface area contributed by atoms with Crippen molar-refractivity contribution in [3.8, 4) is 6.07 Å². The number of nitrogens with two attached hydrogens (primary N) is 1. The van der Waals surface area contributed by atoms with Crippen LogP contribution >= 0.6 is 15.9 Å². The minimum Gasteiger partial charge on any atom is -0.398 e. The molecule has 1 aromatic carbocycles. The van der Waals surface area contributed by atoms with Crippen LogP contribution in [-0.4, -0.2) is 24.4 Å². The van der Waals surface area contributed by atoms with Crippen molar-refractivity contribution in [1.82, 2.24) is 4.90 Å².